The van der Waals surface area contributed by atoms with Crippen LogP contribution < -0.4 is 5.73 Å². The Morgan fingerprint density at radius 2 is 1.92 bits per heavy atom. The van der Waals surface area contributed by atoms with Crippen molar-refractivity contribution in [1.82, 2.24) is 4.90 Å². The molecule has 2 rings (SSSR count). The number of carbonyl (C=O) groups is 2. The van der Waals surface area contributed by atoms with Gasteiger partial charge in [-0.1, -0.05) is 24.3 Å². The molecule has 0 bridgehead atoms. The molecule has 25 heavy (non-hydrogen) atoms. The summed E-state index contributed by atoms with van der Waals surface area (Å²) in [7, 11) is 0. The standard InChI is InChI=1S/C18H26N2O5/c1-3-24-18(25-4-2,11-9-15(19)21)16-14-8-6-5-7-13(14)10-12-20(16)17(22)23/h5-8,16H,3-4,9-12H2,1-2H3,(H2,19,21)(H,22,23). The third-order valence-corrected chi connectivity index (χ3v) is 4.44. The van der Waals surface area contributed by atoms with E-state index >= 15 is 0 Å². The molecule has 0 spiro atoms. The fraction of sp³-hybridized carbons (Fsp3) is 0.556. The second kappa shape index (κ2) is 8.31. The Bertz CT molecular complexity index is 613. The maximum Gasteiger partial charge on any atom is 0.408 e. The van der Waals surface area contributed by atoms with Crippen LogP contribution in [0, 0.1) is 0 Å². The lowest BCUT2D eigenvalue weighted by atomic mass is 9.85. The van der Waals surface area contributed by atoms with Crippen molar-refractivity contribution in [2.75, 3.05) is 19.8 Å². The fourth-order valence-corrected chi connectivity index (χ4v) is 3.51. The Hall–Kier alpha value is -2.12. The Kier molecular flexibility index (Phi) is 6.39. The van der Waals surface area contributed by atoms with Crippen molar-refractivity contribution in [2.45, 2.75) is 44.9 Å². The van der Waals surface area contributed by atoms with E-state index in [1.165, 1.54) is 4.90 Å². The van der Waals surface area contributed by atoms with Crippen LogP contribution in [-0.2, 0) is 20.7 Å². The van der Waals surface area contributed by atoms with Gasteiger partial charge in [-0.05, 0) is 31.4 Å². The van der Waals surface area contributed by atoms with E-state index in [0.717, 1.165) is 11.1 Å². The molecule has 0 radical (unpaired) electrons. The monoisotopic (exact) mass is 350 g/mol. The van der Waals surface area contributed by atoms with Crippen LogP contribution in [0.3, 0.4) is 0 Å². The number of hydrogen-bond donors (Lipinski definition) is 2. The van der Waals surface area contributed by atoms with Gasteiger partial charge in [0.25, 0.3) is 0 Å². The maximum atomic E-state index is 11.9. The molecule has 1 heterocycles. The summed E-state index contributed by atoms with van der Waals surface area (Å²) in [5.41, 5.74) is 7.24. The van der Waals surface area contributed by atoms with E-state index in [2.05, 4.69) is 0 Å². The minimum atomic E-state index is -1.26. The van der Waals surface area contributed by atoms with E-state index in [4.69, 9.17) is 15.2 Å². The van der Waals surface area contributed by atoms with Crippen LogP contribution in [0.15, 0.2) is 24.3 Å². The number of amides is 2. The second-order valence-electron chi connectivity index (χ2n) is 5.97. The zero-order chi connectivity index (χ0) is 18.4. The second-order valence-corrected chi connectivity index (χ2v) is 5.97. The van der Waals surface area contributed by atoms with Gasteiger partial charge in [0.15, 0.2) is 5.79 Å². The van der Waals surface area contributed by atoms with Gasteiger partial charge in [-0.3, -0.25) is 9.69 Å². The predicted octanol–water partition coefficient (Wildman–Crippen LogP) is 2.30. The van der Waals surface area contributed by atoms with E-state index in [9.17, 15) is 14.7 Å². The zero-order valence-corrected chi connectivity index (χ0v) is 14.7. The van der Waals surface area contributed by atoms with Gasteiger partial charge in [0, 0.05) is 32.6 Å². The van der Waals surface area contributed by atoms with E-state index in [1.54, 1.807) is 0 Å². The summed E-state index contributed by atoms with van der Waals surface area (Å²) in [4.78, 5) is 24.6. The lowest BCUT2D eigenvalue weighted by Gasteiger charge is -2.47. The number of carbonyl (C=O) groups excluding carboxylic acids is 1. The largest absolute Gasteiger partial charge is 0.465 e. The van der Waals surface area contributed by atoms with Crippen LogP contribution in [0.5, 0.6) is 0 Å². The number of rotatable bonds is 8. The van der Waals surface area contributed by atoms with Gasteiger partial charge in [0.05, 0.1) is 0 Å². The van der Waals surface area contributed by atoms with Crippen molar-refractivity contribution in [1.29, 1.82) is 0 Å². The lowest BCUT2D eigenvalue weighted by Crippen LogP contribution is -2.54. The highest BCUT2D eigenvalue weighted by Crippen LogP contribution is 2.43. The SMILES string of the molecule is CCOC(CCC(N)=O)(OCC)C1c2ccccc2CCN1C(=O)O. The van der Waals surface area contributed by atoms with Gasteiger partial charge in [-0.2, -0.15) is 0 Å². The highest BCUT2D eigenvalue weighted by molar-refractivity contribution is 5.73. The number of hydrogen-bond acceptors (Lipinski definition) is 4. The van der Waals surface area contributed by atoms with Crippen molar-refractivity contribution in [3.8, 4) is 0 Å². The van der Waals surface area contributed by atoms with Crippen LogP contribution >= 0.6 is 0 Å². The first kappa shape index (κ1) is 19.2. The van der Waals surface area contributed by atoms with Crippen LogP contribution in [0.25, 0.3) is 0 Å². The summed E-state index contributed by atoms with van der Waals surface area (Å²) in [5.74, 6) is -1.73. The van der Waals surface area contributed by atoms with Crippen molar-refractivity contribution in [3.05, 3.63) is 35.4 Å². The molecule has 1 aromatic carbocycles. The van der Waals surface area contributed by atoms with Gasteiger partial charge in [-0.25, -0.2) is 4.79 Å². The van der Waals surface area contributed by atoms with E-state index < -0.39 is 23.8 Å². The smallest absolute Gasteiger partial charge is 0.408 e. The summed E-state index contributed by atoms with van der Waals surface area (Å²) in [5, 5.41) is 9.73. The Morgan fingerprint density at radius 3 is 2.48 bits per heavy atom. The number of benzene rings is 1. The quantitative estimate of drug-likeness (QED) is 0.700. The van der Waals surface area contributed by atoms with Gasteiger partial charge >= 0.3 is 6.09 Å². The third kappa shape index (κ3) is 4.11. The highest BCUT2D eigenvalue weighted by atomic mass is 16.7. The number of nitrogens with two attached hydrogens (primary N) is 1. The minimum absolute atomic E-state index is 0.0477. The first-order valence-corrected chi connectivity index (χ1v) is 8.58. The molecular weight excluding hydrogens is 324 g/mol. The van der Waals surface area contributed by atoms with E-state index in [1.807, 2.05) is 38.1 Å². The van der Waals surface area contributed by atoms with E-state index in [-0.39, 0.29) is 12.8 Å². The van der Waals surface area contributed by atoms with Crippen molar-refractivity contribution >= 4 is 12.0 Å². The number of primary amides is 1. The molecule has 0 saturated heterocycles. The molecule has 3 N–H and O–H groups in total. The highest BCUT2D eigenvalue weighted by Gasteiger charge is 2.48. The Labute approximate surface area is 147 Å². The van der Waals surface area contributed by atoms with Gasteiger partial charge in [0.1, 0.15) is 6.04 Å². The first-order chi connectivity index (χ1) is 11.9. The molecule has 1 atom stereocenters. The van der Waals surface area contributed by atoms with Gasteiger partial charge in [-0.15, -0.1) is 0 Å². The molecule has 7 heteroatoms. The molecule has 1 aromatic rings. The summed E-state index contributed by atoms with van der Waals surface area (Å²) in [6.07, 6.45) is -0.176. The molecule has 0 aromatic heterocycles. The van der Waals surface area contributed by atoms with Crippen molar-refractivity contribution in [2.24, 2.45) is 5.73 Å². The normalized spacial score (nSPS) is 17.2. The lowest BCUT2D eigenvalue weighted by molar-refractivity contribution is -0.270. The van der Waals surface area contributed by atoms with E-state index in [0.29, 0.717) is 26.2 Å². The number of ether oxygens (including phenoxy) is 2. The summed E-state index contributed by atoms with van der Waals surface area (Å²) in [6, 6.07) is 7.02. The first-order valence-electron chi connectivity index (χ1n) is 8.58. The summed E-state index contributed by atoms with van der Waals surface area (Å²) < 4.78 is 11.9. The number of nitrogens with zero attached hydrogens (tertiary/aromatic N) is 1. The van der Waals surface area contributed by atoms with Crippen LogP contribution in [-0.4, -0.2) is 47.6 Å². The molecule has 1 unspecified atom stereocenters. The molecule has 1 aliphatic rings. The molecule has 138 valence electrons. The van der Waals surface area contributed by atoms with Crippen LogP contribution in [0.4, 0.5) is 4.79 Å². The zero-order valence-electron chi connectivity index (χ0n) is 14.7. The molecule has 1 aliphatic heterocycles. The molecule has 0 saturated carbocycles. The molecule has 2 amide bonds. The Balaban J connectivity index is 2.56. The molecular formula is C18H26N2O5. The molecule has 7 nitrogen and oxygen atoms in total. The van der Waals surface area contributed by atoms with Crippen molar-refractivity contribution in [3.63, 3.8) is 0 Å². The average Bonchev–Trinajstić information content (AvgIpc) is 2.59. The summed E-state index contributed by atoms with van der Waals surface area (Å²) >= 11 is 0. The Morgan fingerprint density at radius 1 is 1.28 bits per heavy atom. The number of carboxylic acid groups (broad SMARTS) is 1. The predicted molar refractivity (Wildman–Crippen MR) is 92.0 cm³/mol. The fourth-order valence-electron chi connectivity index (χ4n) is 3.51. The topological polar surface area (TPSA) is 102 Å². The van der Waals surface area contributed by atoms with Crippen LogP contribution in [0.1, 0.15) is 43.9 Å². The van der Waals surface area contributed by atoms with Gasteiger partial charge < -0.3 is 20.3 Å². The molecule has 0 aliphatic carbocycles. The minimum Gasteiger partial charge on any atom is -0.465 e. The molecule has 0 fully saturated rings. The third-order valence-electron chi connectivity index (χ3n) is 4.44. The maximum absolute atomic E-state index is 11.9. The average molecular weight is 350 g/mol. The van der Waals surface area contributed by atoms with Crippen molar-refractivity contribution < 1.29 is 24.2 Å². The van der Waals surface area contributed by atoms with Crippen LogP contribution in [0.2, 0.25) is 0 Å². The van der Waals surface area contributed by atoms with Gasteiger partial charge in [0.2, 0.25) is 5.91 Å². The number of fused-ring (bicyclic) bond motifs is 1. The summed E-state index contributed by atoms with van der Waals surface area (Å²) in [6.45, 7) is 4.63.